The average Bonchev–Trinajstić information content (AvgIpc) is 3.23. The van der Waals surface area contributed by atoms with Gasteiger partial charge in [-0.05, 0) is 35.9 Å². The van der Waals surface area contributed by atoms with Crippen LogP contribution in [-0.4, -0.2) is 63.6 Å². The van der Waals surface area contributed by atoms with E-state index in [2.05, 4.69) is 4.99 Å². The van der Waals surface area contributed by atoms with Gasteiger partial charge >= 0.3 is 0 Å². The monoisotopic (exact) mass is 510 g/mol. The molecule has 11 heteroatoms. The minimum Gasteiger partial charge on any atom is -0.495 e. The van der Waals surface area contributed by atoms with E-state index in [1.54, 1.807) is 48.4 Å². The van der Waals surface area contributed by atoms with Crippen LogP contribution in [0.3, 0.4) is 0 Å². The van der Waals surface area contributed by atoms with Gasteiger partial charge in [-0.3, -0.25) is 4.79 Å². The fourth-order valence-corrected chi connectivity index (χ4v) is 8.10. The third-order valence-corrected chi connectivity index (χ3v) is 8.94. The van der Waals surface area contributed by atoms with E-state index in [0.717, 1.165) is 5.56 Å². The number of rotatable bonds is 6. The second kappa shape index (κ2) is 9.44. The highest BCUT2D eigenvalue weighted by molar-refractivity contribution is 8.16. The van der Waals surface area contributed by atoms with Gasteiger partial charge in [-0.1, -0.05) is 29.4 Å². The number of nitrogens with zero attached hydrogens (tertiary/aromatic N) is 2. The zero-order chi connectivity index (χ0) is 23.8. The molecule has 33 heavy (non-hydrogen) atoms. The largest absolute Gasteiger partial charge is 0.495 e. The summed E-state index contributed by atoms with van der Waals surface area (Å²) < 4.78 is 40.6. The van der Waals surface area contributed by atoms with Crippen molar-refractivity contribution < 1.29 is 27.4 Å². The number of methoxy groups -OCH3 is 3. The van der Waals surface area contributed by atoms with Crippen molar-refractivity contribution in [2.75, 3.05) is 37.7 Å². The lowest BCUT2D eigenvalue weighted by molar-refractivity contribution is -0.117. The molecule has 2 saturated heterocycles. The zero-order valence-electron chi connectivity index (χ0n) is 18.3. The number of hydrogen-bond donors (Lipinski definition) is 0. The smallest absolute Gasteiger partial charge is 0.252 e. The van der Waals surface area contributed by atoms with Gasteiger partial charge in [0.05, 0.1) is 51.0 Å². The third kappa shape index (κ3) is 4.92. The Morgan fingerprint density at radius 2 is 1.76 bits per heavy atom. The number of carbonyl (C=O) groups is 1. The van der Waals surface area contributed by atoms with Crippen LogP contribution in [0.2, 0.25) is 5.02 Å². The summed E-state index contributed by atoms with van der Waals surface area (Å²) in [5, 5.41) is 0.674. The van der Waals surface area contributed by atoms with E-state index < -0.39 is 9.84 Å². The number of anilines is 1. The van der Waals surface area contributed by atoms with Crippen molar-refractivity contribution in [1.29, 1.82) is 0 Å². The highest BCUT2D eigenvalue weighted by Gasteiger charge is 2.50. The Labute approximate surface area is 201 Å². The van der Waals surface area contributed by atoms with E-state index in [-0.39, 0.29) is 35.1 Å². The second-order valence-electron chi connectivity index (χ2n) is 7.64. The molecule has 0 N–H and O–H groups in total. The predicted molar refractivity (Wildman–Crippen MR) is 130 cm³/mol. The molecule has 0 radical (unpaired) electrons. The number of amidine groups is 1. The minimum atomic E-state index is -3.19. The fraction of sp³-hybridized carbons (Fsp3) is 0.364. The Hall–Kier alpha value is -2.43. The molecule has 2 atom stereocenters. The van der Waals surface area contributed by atoms with E-state index in [1.807, 2.05) is 0 Å². The Morgan fingerprint density at radius 3 is 2.45 bits per heavy atom. The van der Waals surface area contributed by atoms with Crippen LogP contribution in [-0.2, 0) is 21.1 Å². The number of benzene rings is 2. The van der Waals surface area contributed by atoms with Crippen molar-refractivity contribution in [3.63, 3.8) is 0 Å². The number of amides is 1. The molecule has 2 heterocycles. The summed E-state index contributed by atoms with van der Waals surface area (Å²) in [6.45, 7) is 0. The van der Waals surface area contributed by atoms with Crippen LogP contribution in [0, 0.1) is 0 Å². The number of thioether (sulfide) groups is 1. The SMILES string of the molecule is COc1ccc(CC(=O)N=C2S[C@@H]3CS(=O)(=O)C[C@H]3N2c2cc(Cl)ccc2OC)cc1OC. The Balaban J connectivity index is 1.67. The molecule has 0 spiro atoms. The van der Waals surface area contributed by atoms with E-state index >= 15 is 0 Å². The van der Waals surface area contributed by atoms with Crippen molar-refractivity contribution in [3.8, 4) is 17.2 Å². The van der Waals surface area contributed by atoms with Gasteiger partial charge in [0.15, 0.2) is 26.5 Å². The van der Waals surface area contributed by atoms with E-state index in [1.165, 1.54) is 26.0 Å². The molecule has 4 rings (SSSR count). The maximum atomic E-state index is 12.9. The van der Waals surface area contributed by atoms with Gasteiger partial charge in [0.1, 0.15) is 5.75 Å². The average molecular weight is 511 g/mol. The second-order valence-corrected chi connectivity index (χ2v) is 11.4. The van der Waals surface area contributed by atoms with Crippen LogP contribution in [0.25, 0.3) is 0 Å². The molecule has 1 amide bonds. The van der Waals surface area contributed by atoms with Gasteiger partial charge in [0, 0.05) is 10.3 Å². The molecule has 2 fully saturated rings. The summed E-state index contributed by atoms with van der Waals surface area (Å²) in [6.07, 6.45) is 0.0541. The maximum absolute atomic E-state index is 12.9. The van der Waals surface area contributed by atoms with Gasteiger partial charge in [0.25, 0.3) is 5.91 Å². The molecule has 2 aliphatic heterocycles. The van der Waals surface area contributed by atoms with Crippen molar-refractivity contribution >= 4 is 50.0 Å². The van der Waals surface area contributed by atoms with Gasteiger partial charge in [-0.15, -0.1) is 0 Å². The molecule has 2 aliphatic rings. The number of hydrogen-bond acceptors (Lipinski definition) is 7. The van der Waals surface area contributed by atoms with Gasteiger partial charge in [-0.25, -0.2) is 8.42 Å². The molecule has 0 bridgehead atoms. The normalized spacial score (nSPS) is 22.3. The molecular weight excluding hydrogens is 488 g/mol. The summed E-state index contributed by atoms with van der Waals surface area (Å²) in [7, 11) is 1.41. The third-order valence-electron chi connectivity index (χ3n) is 5.49. The zero-order valence-corrected chi connectivity index (χ0v) is 20.7. The Morgan fingerprint density at radius 1 is 1.06 bits per heavy atom. The number of ether oxygens (including phenoxy) is 3. The molecule has 2 aromatic carbocycles. The summed E-state index contributed by atoms with van der Waals surface area (Å²) >= 11 is 7.53. The van der Waals surface area contributed by atoms with Crippen molar-refractivity contribution in [1.82, 2.24) is 0 Å². The fourth-order valence-electron chi connectivity index (χ4n) is 4.01. The first-order valence-electron chi connectivity index (χ1n) is 10.1. The molecule has 0 saturated carbocycles. The first-order valence-corrected chi connectivity index (χ1v) is 13.1. The van der Waals surface area contributed by atoms with E-state index in [0.29, 0.717) is 33.1 Å². The van der Waals surface area contributed by atoms with Crippen LogP contribution in [0.4, 0.5) is 5.69 Å². The molecule has 8 nitrogen and oxygen atoms in total. The number of aliphatic imine (C=N–C) groups is 1. The summed E-state index contributed by atoms with van der Waals surface area (Å²) in [5.74, 6) is 1.26. The molecular formula is C22H23ClN2O6S2. The Kier molecular flexibility index (Phi) is 6.78. The molecule has 2 aromatic rings. The van der Waals surface area contributed by atoms with Crippen LogP contribution >= 0.6 is 23.4 Å². The standard InChI is InChI=1S/C22H23ClN2O6S2/c1-29-17-7-5-14(23)10-15(17)25-16-11-33(27,28)12-20(16)32-22(25)24-21(26)9-13-4-6-18(30-2)19(8-13)31-3/h4-8,10,16,20H,9,11-12H2,1-3H3/t16-,20-/m1/s1. The molecule has 0 unspecified atom stereocenters. The van der Waals surface area contributed by atoms with Crippen LogP contribution < -0.4 is 19.1 Å². The summed E-state index contributed by atoms with van der Waals surface area (Å²) in [6, 6.07) is 9.98. The topological polar surface area (TPSA) is 94.5 Å². The quantitative estimate of drug-likeness (QED) is 0.584. The number of sulfone groups is 1. The van der Waals surface area contributed by atoms with E-state index in [4.69, 9.17) is 25.8 Å². The van der Waals surface area contributed by atoms with Gasteiger partial charge in [0.2, 0.25) is 0 Å². The molecule has 0 aromatic heterocycles. The van der Waals surface area contributed by atoms with Crippen molar-refractivity contribution in [3.05, 3.63) is 47.0 Å². The lowest BCUT2D eigenvalue weighted by atomic mass is 10.1. The molecule has 0 aliphatic carbocycles. The lowest BCUT2D eigenvalue weighted by Gasteiger charge is -2.26. The Bertz CT molecular complexity index is 1220. The summed E-state index contributed by atoms with van der Waals surface area (Å²) in [4.78, 5) is 19.0. The predicted octanol–water partition coefficient (Wildman–Crippen LogP) is 3.21. The van der Waals surface area contributed by atoms with Gasteiger partial charge in [-0.2, -0.15) is 4.99 Å². The van der Waals surface area contributed by atoms with Crippen molar-refractivity contribution in [2.45, 2.75) is 17.7 Å². The maximum Gasteiger partial charge on any atom is 0.252 e. The minimum absolute atomic E-state index is 0.0246. The van der Waals surface area contributed by atoms with Crippen LogP contribution in [0.1, 0.15) is 5.56 Å². The van der Waals surface area contributed by atoms with Crippen LogP contribution in [0.5, 0.6) is 17.2 Å². The lowest BCUT2D eigenvalue weighted by Crippen LogP contribution is -2.38. The summed E-state index contributed by atoms with van der Waals surface area (Å²) in [5.41, 5.74) is 1.31. The first-order chi connectivity index (χ1) is 15.7. The number of halogens is 1. The van der Waals surface area contributed by atoms with Crippen molar-refractivity contribution in [2.24, 2.45) is 4.99 Å². The highest BCUT2D eigenvalue weighted by atomic mass is 35.5. The van der Waals surface area contributed by atoms with E-state index in [9.17, 15) is 13.2 Å². The number of fused-ring (bicyclic) bond motifs is 1. The highest BCUT2D eigenvalue weighted by Crippen LogP contribution is 2.44. The van der Waals surface area contributed by atoms with Gasteiger partial charge < -0.3 is 19.1 Å². The van der Waals surface area contributed by atoms with Crippen LogP contribution in [0.15, 0.2) is 41.4 Å². The number of carbonyl (C=O) groups excluding carboxylic acids is 1. The first kappa shape index (κ1) is 23.7. The molecule has 176 valence electrons.